The molecule has 21 heavy (non-hydrogen) atoms. The maximum absolute atomic E-state index is 11.6. The topological polar surface area (TPSA) is 33.2 Å². The molecule has 0 spiro atoms. The second-order valence-corrected chi connectivity index (χ2v) is 8.09. The van der Waals surface area contributed by atoms with Crippen molar-refractivity contribution in [1.82, 2.24) is 9.88 Å². The van der Waals surface area contributed by atoms with Crippen molar-refractivity contribution < 1.29 is 4.79 Å². The molecule has 1 aliphatic heterocycles. The number of thiazole rings is 1. The SMILES string of the molecule is CC(=O)N1CCC[C@H](c2nc([C@H]3C[C@H]4CC[C@H]3C4)cs2)C1. The summed E-state index contributed by atoms with van der Waals surface area (Å²) in [6.07, 6.45) is 8.00. The smallest absolute Gasteiger partial charge is 0.219 e. The van der Waals surface area contributed by atoms with Crippen molar-refractivity contribution in [1.29, 1.82) is 0 Å². The van der Waals surface area contributed by atoms with Crippen LogP contribution >= 0.6 is 11.3 Å². The fourth-order valence-corrected chi connectivity index (χ4v) is 5.74. The molecule has 2 bridgehead atoms. The zero-order valence-corrected chi connectivity index (χ0v) is 13.6. The molecule has 1 aromatic rings. The number of amides is 1. The molecule has 1 amide bonds. The van der Waals surface area contributed by atoms with E-state index in [0.29, 0.717) is 5.92 Å². The van der Waals surface area contributed by atoms with Crippen molar-refractivity contribution >= 4 is 17.2 Å². The number of nitrogens with zero attached hydrogens (tertiary/aromatic N) is 2. The summed E-state index contributed by atoms with van der Waals surface area (Å²) in [5.41, 5.74) is 1.36. The number of piperidine rings is 1. The molecular weight excluding hydrogens is 280 g/mol. The lowest BCUT2D eigenvalue weighted by Crippen LogP contribution is -2.37. The van der Waals surface area contributed by atoms with Gasteiger partial charge in [-0.25, -0.2) is 4.98 Å². The van der Waals surface area contributed by atoms with Crippen molar-refractivity contribution in [3.05, 3.63) is 16.1 Å². The summed E-state index contributed by atoms with van der Waals surface area (Å²) in [7, 11) is 0. The van der Waals surface area contributed by atoms with Gasteiger partial charge in [0.15, 0.2) is 0 Å². The Hall–Kier alpha value is -0.900. The summed E-state index contributed by atoms with van der Waals surface area (Å²) in [6.45, 7) is 3.49. The fourth-order valence-electron chi connectivity index (χ4n) is 4.73. The number of rotatable bonds is 2. The van der Waals surface area contributed by atoms with E-state index in [9.17, 15) is 4.79 Å². The Kier molecular flexibility index (Phi) is 3.52. The van der Waals surface area contributed by atoms with E-state index in [1.807, 2.05) is 16.2 Å². The van der Waals surface area contributed by atoms with E-state index >= 15 is 0 Å². The first-order chi connectivity index (χ1) is 10.2. The van der Waals surface area contributed by atoms with Crippen molar-refractivity contribution in [2.75, 3.05) is 13.1 Å². The van der Waals surface area contributed by atoms with Gasteiger partial charge in [-0.05, 0) is 43.9 Å². The first-order valence-electron chi connectivity index (χ1n) is 8.41. The molecule has 1 aromatic heterocycles. The molecule has 4 atom stereocenters. The molecule has 0 unspecified atom stereocenters. The third kappa shape index (κ3) is 2.52. The van der Waals surface area contributed by atoms with E-state index in [0.717, 1.165) is 37.3 Å². The minimum absolute atomic E-state index is 0.213. The summed E-state index contributed by atoms with van der Waals surface area (Å²) < 4.78 is 0. The van der Waals surface area contributed by atoms with Crippen LogP contribution in [0.15, 0.2) is 5.38 Å². The van der Waals surface area contributed by atoms with Gasteiger partial charge in [-0.3, -0.25) is 4.79 Å². The first kappa shape index (κ1) is 13.7. The van der Waals surface area contributed by atoms with Gasteiger partial charge in [0.25, 0.3) is 0 Å². The number of fused-ring (bicyclic) bond motifs is 2. The van der Waals surface area contributed by atoms with Crippen LogP contribution < -0.4 is 0 Å². The predicted molar refractivity (Wildman–Crippen MR) is 84.5 cm³/mol. The molecule has 0 aromatic carbocycles. The molecule has 3 fully saturated rings. The number of aromatic nitrogens is 1. The van der Waals surface area contributed by atoms with Crippen LogP contribution in [0.3, 0.4) is 0 Å². The molecule has 2 aliphatic carbocycles. The average molecular weight is 304 g/mol. The van der Waals surface area contributed by atoms with Gasteiger partial charge < -0.3 is 4.90 Å². The summed E-state index contributed by atoms with van der Waals surface area (Å²) in [5.74, 6) is 3.31. The molecule has 4 rings (SSSR count). The Balaban J connectivity index is 1.48. The first-order valence-corrected chi connectivity index (χ1v) is 9.29. The van der Waals surface area contributed by atoms with Gasteiger partial charge in [0, 0.05) is 37.2 Å². The van der Waals surface area contributed by atoms with Crippen LogP contribution in [0, 0.1) is 11.8 Å². The van der Waals surface area contributed by atoms with E-state index in [4.69, 9.17) is 4.98 Å². The molecule has 1 saturated heterocycles. The highest BCUT2D eigenvalue weighted by Gasteiger charge is 2.41. The van der Waals surface area contributed by atoms with Crippen molar-refractivity contribution in [2.24, 2.45) is 11.8 Å². The highest BCUT2D eigenvalue weighted by Crippen LogP contribution is 2.53. The van der Waals surface area contributed by atoms with Crippen LogP contribution in [-0.2, 0) is 4.79 Å². The normalized spacial score (nSPS) is 35.4. The quantitative estimate of drug-likeness (QED) is 0.833. The Morgan fingerprint density at radius 2 is 2.24 bits per heavy atom. The predicted octanol–water partition coefficient (Wildman–Crippen LogP) is 3.77. The highest BCUT2D eigenvalue weighted by atomic mass is 32.1. The summed E-state index contributed by atoms with van der Waals surface area (Å²) in [4.78, 5) is 18.6. The van der Waals surface area contributed by atoms with Gasteiger partial charge >= 0.3 is 0 Å². The molecule has 2 heterocycles. The summed E-state index contributed by atoms with van der Waals surface area (Å²) in [5, 5.41) is 3.59. The summed E-state index contributed by atoms with van der Waals surface area (Å²) in [6, 6.07) is 0. The van der Waals surface area contributed by atoms with Crippen LogP contribution in [0.25, 0.3) is 0 Å². The van der Waals surface area contributed by atoms with Crippen molar-refractivity contribution in [3.63, 3.8) is 0 Å². The van der Waals surface area contributed by atoms with Crippen molar-refractivity contribution in [2.45, 2.75) is 57.3 Å². The maximum atomic E-state index is 11.6. The highest BCUT2D eigenvalue weighted by molar-refractivity contribution is 7.09. The van der Waals surface area contributed by atoms with Gasteiger partial charge in [-0.2, -0.15) is 0 Å². The Morgan fingerprint density at radius 1 is 1.33 bits per heavy atom. The third-order valence-corrected chi connectivity index (χ3v) is 6.90. The molecule has 3 nitrogen and oxygen atoms in total. The standard InChI is InChI=1S/C17H24N2OS/c1-11(20)19-6-2-3-14(9-19)17-18-16(10-21-17)15-8-12-4-5-13(15)7-12/h10,12-15H,2-9H2,1H3/t12-,13-,14-,15-/m0/s1. The van der Waals surface area contributed by atoms with Gasteiger partial charge in [0.2, 0.25) is 5.91 Å². The molecule has 3 aliphatic rings. The van der Waals surface area contributed by atoms with Crippen LogP contribution in [0.1, 0.15) is 68.0 Å². The van der Waals surface area contributed by atoms with Crippen LogP contribution in [0.5, 0.6) is 0 Å². The van der Waals surface area contributed by atoms with E-state index in [2.05, 4.69) is 5.38 Å². The zero-order valence-electron chi connectivity index (χ0n) is 12.8. The zero-order chi connectivity index (χ0) is 14.4. The van der Waals surface area contributed by atoms with Crippen LogP contribution in [0.2, 0.25) is 0 Å². The van der Waals surface area contributed by atoms with Crippen molar-refractivity contribution in [3.8, 4) is 0 Å². The van der Waals surface area contributed by atoms with E-state index < -0.39 is 0 Å². The minimum Gasteiger partial charge on any atom is -0.342 e. The number of hydrogen-bond acceptors (Lipinski definition) is 3. The number of hydrogen-bond donors (Lipinski definition) is 0. The lowest BCUT2D eigenvalue weighted by Gasteiger charge is -2.31. The molecule has 2 saturated carbocycles. The largest absolute Gasteiger partial charge is 0.342 e. The molecule has 0 radical (unpaired) electrons. The average Bonchev–Trinajstić information content (AvgIpc) is 3.23. The number of carbonyl (C=O) groups is 1. The Morgan fingerprint density at radius 3 is 2.95 bits per heavy atom. The van der Waals surface area contributed by atoms with Gasteiger partial charge in [-0.1, -0.05) is 6.42 Å². The van der Waals surface area contributed by atoms with E-state index in [-0.39, 0.29) is 5.91 Å². The van der Waals surface area contributed by atoms with E-state index in [1.54, 1.807) is 6.92 Å². The number of likely N-dealkylation sites (tertiary alicyclic amines) is 1. The second kappa shape index (κ2) is 5.38. The van der Waals surface area contributed by atoms with Gasteiger partial charge in [-0.15, -0.1) is 11.3 Å². The third-order valence-electron chi connectivity index (χ3n) is 5.87. The van der Waals surface area contributed by atoms with Crippen LogP contribution in [0.4, 0.5) is 0 Å². The van der Waals surface area contributed by atoms with E-state index in [1.165, 1.54) is 42.8 Å². The molecule has 0 N–H and O–H groups in total. The lowest BCUT2D eigenvalue weighted by atomic mass is 9.87. The monoisotopic (exact) mass is 304 g/mol. The Labute approximate surface area is 130 Å². The second-order valence-electron chi connectivity index (χ2n) is 7.20. The van der Waals surface area contributed by atoms with Gasteiger partial charge in [0.05, 0.1) is 10.7 Å². The minimum atomic E-state index is 0.213. The fraction of sp³-hybridized carbons (Fsp3) is 0.765. The molecular formula is C17H24N2OS. The van der Waals surface area contributed by atoms with Crippen LogP contribution in [-0.4, -0.2) is 28.9 Å². The molecule has 114 valence electrons. The molecule has 4 heteroatoms. The van der Waals surface area contributed by atoms with Gasteiger partial charge in [0.1, 0.15) is 0 Å². The maximum Gasteiger partial charge on any atom is 0.219 e. The summed E-state index contributed by atoms with van der Waals surface area (Å²) >= 11 is 1.83. The number of carbonyl (C=O) groups excluding carboxylic acids is 1. The Bertz CT molecular complexity index is 541. The lowest BCUT2D eigenvalue weighted by molar-refractivity contribution is -0.130.